The van der Waals surface area contributed by atoms with Crippen LogP contribution < -0.4 is 4.90 Å². The molecule has 0 aliphatic carbocycles. The molecule has 0 amide bonds. The molecule has 0 atom stereocenters. The fourth-order valence-corrected chi connectivity index (χ4v) is 6.14. The number of anilines is 2. The molecule has 8 rings (SSSR count). The Hall–Kier alpha value is -6.65. The minimum absolute atomic E-state index is 0.882. The fraction of sp³-hybridized carbons (Fsp3) is 0. The lowest BCUT2D eigenvalue weighted by molar-refractivity contribution is 1.28. The molecule has 0 saturated carbocycles. The number of hydrogen-bond acceptors (Lipinski definition) is 4. The van der Waals surface area contributed by atoms with Gasteiger partial charge in [-0.25, -0.2) is 9.97 Å². The van der Waals surface area contributed by atoms with Crippen molar-refractivity contribution in [3.8, 4) is 22.4 Å². The lowest BCUT2D eigenvalue weighted by Crippen LogP contribution is -2.08. The highest BCUT2D eigenvalue weighted by atomic mass is 15.1. The van der Waals surface area contributed by atoms with Gasteiger partial charge in [-0.15, -0.1) is 0 Å². The number of aromatic nitrogens is 3. The number of pyridine rings is 3. The molecule has 0 bridgehead atoms. The van der Waals surface area contributed by atoms with Crippen molar-refractivity contribution >= 4 is 49.5 Å². The van der Waals surface area contributed by atoms with E-state index in [-0.39, 0.29) is 0 Å². The summed E-state index contributed by atoms with van der Waals surface area (Å²) in [5.41, 5.74) is 10.2. The van der Waals surface area contributed by atoms with Gasteiger partial charge in [0.25, 0.3) is 0 Å². The van der Waals surface area contributed by atoms with Crippen LogP contribution in [0.3, 0.4) is 0 Å². The molecule has 5 aromatic carbocycles. The van der Waals surface area contributed by atoms with E-state index in [0.29, 0.717) is 0 Å². The molecule has 4 nitrogen and oxygen atoms in total. The summed E-state index contributed by atoms with van der Waals surface area (Å²) in [5.74, 6) is 0. The molecule has 4 heteroatoms. The van der Waals surface area contributed by atoms with E-state index in [0.717, 1.165) is 66.7 Å². The number of allylic oxidation sites excluding steroid dienone is 4. The van der Waals surface area contributed by atoms with E-state index in [9.17, 15) is 0 Å². The third kappa shape index (κ3) is 6.23. The molecule has 3 heterocycles. The molecule has 232 valence electrons. The van der Waals surface area contributed by atoms with E-state index in [1.807, 2.05) is 54.9 Å². The molecule has 0 spiro atoms. The number of nitrogens with zero attached hydrogens (tertiary/aromatic N) is 4. The molecule has 0 aliphatic rings. The fourth-order valence-electron chi connectivity index (χ4n) is 6.14. The van der Waals surface area contributed by atoms with Gasteiger partial charge in [-0.1, -0.05) is 104 Å². The zero-order valence-electron chi connectivity index (χ0n) is 26.8. The monoisotopic (exact) mass is 628 g/mol. The van der Waals surface area contributed by atoms with Crippen molar-refractivity contribution in [2.24, 2.45) is 0 Å². The van der Waals surface area contributed by atoms with Crippen LogP contribution in [0.15, 0.2) is 189 Å². The van der Waals surface area contributed by atoms with E-state index in [1.165, 1.54) is 10.9 Å². The predicted molar refractivity (Wildman–Crippen MR) is 206 cm³/mol. The van der Waals surface area contributed by atoms with Crippen molar-refractivity contribution < 1.29 is 0 Å². The van der Waals surface area contributed by atoms with Gasteiger partial charge in [-0.05, 0) is 88.8 Å². The molecule has 49 heavy (non-hydrogen) atoms. The largest absolute Gasteiger partial charge is 0.317 e. The molecule has 0 saturated heterocycles. The number of fused-ring (bicyclic) bond motifs is 3. The van der Waals surface area contributed by atoms with Crippen LogP contribution in [-0.2, 0) is 0 Å². The van der Waals surface area contributed by atoms with E-state index >= 15 is 0 Å². The summed E-state index contributed by atoms with van der Waals surface area (Å²) in [4.78, 5) is 16.2. The van der Waals surface area contributed by atoms with E-state index < -0.39 is 0 Å². The number of benzene rings is 5. The summed E-state index contributed by atoms with van der Waals surface area (Å²) < 4.78 is 0. The van der Waals surface area contributed by atoms with Gasteiger partial charge >= 0.3 is 0 Å². The van der Waals surface area contributed by atoms with Gasteiger partial charge in [-0.3, -0.25) is 4.98 Å². The van der Waals surface area contributed by atoms with Gasteiger partial charge in [0.2, 0.25) is 0 Å². The number of rotatable bonds is 8. The van der Waals surface area contributed by atoms with Gasteiger partial charge < -0.3 is 4.90 Å². The van der Waals surface area contributed by atoms with E-state index in [4.69, 9.17) is 9.97 Å². The van der Waals surface area contributed by atoms with Gasteiger partial charge in [-0.2, -0.15) is 0 Å². The molecule has 0 fully saturated rings. The molecule has 8 aromatic rings. The molecule has 0 aliphatic heterocycles. The summed E-state index contributed by atoms with van der Waals surface area (Å²) in [5, 5.41) is 4.55. The Morgan fingerprint density at radius 1 is 0.551 bits per heavy atom. The molecule has 3 aromatic heterocycles. The highest BCUT2D eigenvalue weighted by molar-refractivity contribution is 5.87. The quantitative estimate of drug-likeness (QED) is 0.157. The number of hydrogen-bond donors (Lipinski definition) is 0. The average molecular weight is 629 g/mol. The first-order valence-corrected chi connectivity index (χ1v) is 16.3. The van der Waals surface area contributed by atoms with Crippen molar-refractivity contribution in [2.45, 2.75) is 0 Å². The Morgan fingerprint density at radius 2 is 1.18 bits per heavy atom. The van der Waals surface area contributed by atoms with Crippen LogP contribution in [-0.4, -0.2) is 15.0 Å². The molecule has 0 N–H and O–H groups in total. The second-order valence-electron chi connectivity index (χ2n) is 11.8. The Morgan fingerprint density at radius 3 is 1.92 bits per heavy atom. The van der Waals surface area contributed by atoms with Crippen molar-refractivity contribution in [3.05, 3.63) is 195 Å². The minimum Gasteiger partial charge on any atom is -0.317 e. The van der Waals surface area contributed by atoms with Crippen LogP contribution in [0.25, 0.3) is 60.5 Å². The van der Waals surface area contributed by atoms with Crippen LogP contribution in [0, 0.1) is 0 Å². The van der Waals surface area contributed by atoms with Gasteiger partial charge in [0, 0.05) is 51.7 Å². The SMILES string of the molecule is C=C/C(=C\C=C\N(c1ccc(-c2ccc3cnccc3c2)cc1)c1ccc(-c2ccc3ccccc3n2)cc1)c1ccc2ccccc2n1. The Labute approximate surface area is 285 Å². The van der Waals surface area contributed by atoms with Crippen molar-refractivity contribution in [2.75, 3.05) is 4.90 Å². The zero-order valence-corrected chi connectivity index (χ0v) is 26.8. The van der Waals surface area contributed by atoms with E-state index in [2.05, 4.69) is 144 Å². The van der Waals surface area contributed by atoms with Crippen molar-refractivity contribution in [1.82, 2.24) is 15.0 Å². The van der Waals surface area contributed by atoms with E-state index in [1.54, 1.807) is 0 Å². The van der Waals surface area contributed by atoms with Crippen LogP contribution in [0.5, 0.6) is 0 Å². The van der Waals surface area contributed by atoms with Crippen LogP contribution >= 0.6 is 0 Å². The maximum atomic E-state index is 4.91. The summed E-state index contributed by atoms with van der Waals surface area (Å²) >= 11 is 0. The Kier molecular flexibility index (Phi) is 8.02. The third-order valence-electron chi connectivity index (χ3n) is 8.78. The first-order chi connectivity index (χ1) is 24.2. The minimum atomic E-state index is 0.882. The standard InChI is InChI=1S/C45H32N4/c1-2-32(44-25-19-34-8-3-5-11-42(34)47-44)10-7-29-49(40-21-15-33(16-22-40)37-13-14-39-31-46-28-27-38(39)30-37)41-23-17-36(18-24-41)45-26-20-35-9-4-6-12-43(35)48-45/h2-31H,1H2/b29-7+,32-10+. The molecule has 0 radical (unpaired) electrons. The topological polar surface area (TPSA) is 41.9 Å². The molecular weight excluding hydrogens is 597 g/mol. The smallest absolute Gasteiger partial charge is 0.0709 e. The predicted octanol–water partition coefficient (Wildman–Crippen LogP) is 11.6. The van der Waals surface area contributed by atoms with Crippen LogP contribution in [0.1, 0.15) is 5.69 Å². The Bertz CT molecular complexity index is 2390. The third-order valence-corrected chi connectivity index (χ3v) is 8.78. The summed E-state index contributed by atoms with van der Waals surface area (Å²) in [6, 6.07) is 50.5. The molecule has 0 unspecified atom stereocenters. The van der Waals surface area contributed by atoms with Crippen molar-refractivity contribution in [3.63, 3.8) is 0 Å². The van der Waals surface area contributed by atoms with Gasteiger partial charge in [0.1, 0.15) is 0 Å². The molecular formula is C45H32N4. The van der Waals surface area contributed by atoms with Crippen LogP contribution in [0.2, 0.25) is 0 Å². The van der Waals surface area contributed by atoms with Gasteiger partial charge in [0.15, 0.2) is 0 Å². The first kappa shape index (κ1) is 29.7. The second-order valence-corrected chi connectivity index (χ2v) is 11.8. The summed E-state index contributed by atoms with van der Waals surface area (Å²) in [7, 11) is 0. The maximum Gasteiger partial charge on any atom is 0.0709 e. The second kappa shape index (κ2) is 13.2. The highest BCUT2D eigenvalue weighted by Crippen LogP contribution is 2.32. The zero-order chi connectivity index (χ0) is 33.0. The highest BCUT2D eigenvalue weighted by Gasteiger charge is 2.10. The van der Waals surface area contributed by atoms with Crippen LogP contribution in [0.4, 0.5) is 11.4 Å². The Balaban J connectivity index is 1.14. The summed E-state index contributed by atoms with van der Waals surface area (Å²) in [6.45, 7) is 4.08. The normalized spacial score (nSPS) is 11.8. The van der Waals surface area contributed by atoms with Crippen molar-refractivity contribution in [1.29, 1.82) is 0 Å². The maximum absolute atomic E-state index is 4.91. The first-order valence-electron chi connectivity index (χ1n) is 16.3. The number of para-hydroxylation sites is 2. The van der Waals surface area contributed by atoms with Gasteiger partial charge in [0.05, 0.1) is 22.4 Å². The summed E-state index contributed by atoms with van der Waals surface area (Å²) in [6.07, 6.45) is 11.8. The lowest BCUT2D eigenvalue weighted by Gasteiger charge is -2.21. The average Bonchev–Trinajstić information content (AvgIpc) is 3.18. The lowest BCUT2D eigenvalue weighted by atomic mass is 10.0.